The van der Waals surface area contributed by atoms with Gasteiger partial charge in [-0.25, -0.2) is 9.78 Å². The molecule has 14 heteroatoms. The van der Waals surface area contributed by atoms with Crippen LogP contribution in [0.5, 0.6) is 0 Å². The second kappa shape index (κ2) is 23.3. The SMILES string of the molecule is CCCCCn1cc(COCCOCCOOCCOCCC(=O)N(CCC(=O)NC)CCC(=O)NC)nn1. The lowest BCUT2D eigenvalue weighted by atomic mass is 10.2. The number of hydrogen-bond donors (Lipinski definition) is 2. The van der Waals surface area contributed by atoms with E-state index in [0.717, 1.165) is 18.7 Å². The molecule has 0 aliphatic rings. The minimum atomic E-state index is -0.185. The molecule has 1 heterocycles. The molecule has 224 valence electrons. The van der Waals surface area contributed by atoms with Crippen molar-refractivity contribution < 1.29 is 38.4 Å². The first-order valence-electron chi connectivity index (χ1n) is 13.6. The standard InChI is InChI=1S/C25H46N6O8/c1-4-5-6-10-31-20-22(28-29-31)21-37-15-14-36-17-19-39-38-18-16-35-13-9-25(34)30(11-7-23(32)26-2)12-8-24(33)27-3/h20H,4-19,21H2,1-3H3,(H,26,32)(H,27,33). The monoisotopic (exact) mass is 558 g/mol. The van der Waals surface area contributed by atoms with Crippen LogP contribution in [0.4, 0.5) is 0 Å². The molecule has 0 unspecified atom stereocenters. The average molecular weight is 559 g/mol. The predicted molar refractivity (Wildman–Crippen MR) is 141 cm³/mol. The maximum Gasteiger partial charge on any atom is 0.224 e. The number of carbonyl (C=O) groups is 3. The van der Waals surface area contributed by atoms with Crippen LogP contribution in [0.25, 0.3) is 0 Å². The number of ether oxygens (including phenoxy) is 3. The Balaban J connectivity index is 1.98. The molecule has 39 heavy (non-hydrogen) atoms. The largest absolute Gasteiger partial charge is 0.378 e. The van der Waals surface area contributed by atoms with Crippen LogP contribution < -0.4 is 10.6 Å². The lowest BCUT2D eigenvalue weighted by molar-refractivity contribution is -0.303. The maximum atomic E-state index is 12.5. The molecule has 1 aromatic heterocycles. The minimum Gasteiger partial charge on any atom is -0.378 e. The van der Waals surface area contributed by atoms with Crippen LogP contribution in [-0.4, -0.2) is 111 Å². The third kappa shape index (κ3) is 18.3. The van der Waals surface area contributed by atoms with Crippen molar-refractivity contribution >= 4 is 17.7 Å². The van der Waals surface area contributed by atoms with Crippen molar-refractivity contribution in [2.75, 3.05) is 73.4 Å². The summed E-state index contributed by atoms with van der Waals surface area (Å²) in [4.78, 5) is 47.0. The van der Waals surface area contributed by atoms with Crippen LogP contribution in [0.1, 0.15) is 51.1 Å². The molecule has 0 radical (unpaired) electrons. The van der Waals surface area contributed by atoms with Gasteiger partial charge in [-0.1, -0.05) is 25.0 Å². The van der Waals surface area contributed by atoms with Gasteiger partial charge in [-0.2, -0.15) is 0 Å². The van der Waals surface area contributed by atoms with Gasteiger partial charge in [-0.05, 0) is 6.42 Å². The van der Waals surface area contributed by atoms with E-state index in [1.807, 2.05) is 10.9 Å². The summed E-state index contributed by atoms with van der Waals surface area (Å²) in [6.07, 6.45) is 5.83. The summed E-state index contributed by atoms with van der Waals surface area (Å²) in [5, 5.41) is 13.2. The topological polar surface area (TPSA) is 155 Å². The average Bonchev–Trinajstić information content (AvgIpc) is 3.40. The van der Waals surface area contributed by atoms with Crippen molar-refractivity contribution in [1.82, 2.24) is 30.5 Å². The fourth-order valence-electron chi connectivity index (χ4n) is 3.24. The molecule has 0 aliphatic carbocycles. The molecule has 3 amide bonds. The highest BCUT2D eigenvalue weighted by atomic mass is 17.2. The highest BCUT2D eigenvalue weighted by molar-refractivity contribution is 5.80. The molecule has 1 rings (SSSR count). The summed E-state index contributed by atoms with van der Waals surface area (Å²) in [5.41, 5.74) is 0.800. The lowest BCUT2D eigenvalue weighted by Crippen LogP contribution is -2.37. The Morgan fingerprint density at radius 3 is 2.03 bits per heavy atom. The summed E-state index contributed by atoms with van der Waals surface area (Å²) in [6.45, 7) is 6.04. The quantitative estimate of drug-likeness (QED) is 0.0982. The summed E-state index contributed by atoms with van der Waals surface area (Å²) >= 11 is 0. The van der Waals surface area contributed by atoms with Crippen LogP contribution in [0.3, 0.4) is 0 Å². The molecule has 0 aromatic carbocycles. The van der Waals surface area contributed by atoms with Crippen LogP contribution >= 0.6 is 0 Å². The van der Waals surface area contributed by atoms with Crippen molar-refractivity contribution in [3.8, 4) is 0 Å². The Bertz CT molecular complexity index is 774. The third-order valence-electron chi connectivity index (χ3n) is 5.49. The van der Waals surface area contributed by atoms with Crippen LogP contribution in [0.15, 0.2) is 6.20 Å². The van der Waals surface area contributed by atoms with Crippen molar-refractivity contribution in [3.63, 3.8) is 0 Å². The Morgan fingerprint density at radius 2 is 1.41 bits per heavy atom. The molecule has 1 aromatic rings. The first-order chi connectivity index (χ1) is 19.0. The van der Waals surface area contributed by atoms with E-state index in [4.69, 9.17) is 24.0 Å². The van der Waals surface area contributed by atoms with Crippen molar-refractivity contribution in [2.24, 2.45) is 0 Å². The van der Waals surface area contributed by atoms with E-state index in [1.165, 1.54) is 31.8 Å². The Kier molecular flexibility index (Phi) is 20.5. The highest BCUT2D eigenvalue weighted by Crippen LogP contribution is 2.02. The zero-order valence-electron chi connectivity index (χ0n) is 23.7. The summed E-state index contributed by atoms with van der Waals surface area (Å²) in [7, 11) is 3.07. The molecular formula is C25H46N6O8. The number of aromatic nitrogens is 3. The van der Waals surface area contributed by atoms with Gasteiger partial charge in [-0.15, -0.1) is 5.10 Å². The number of rotatable bonds is 25. The fourth-order valence-corrected chi connectivity index (χ4v) is 3.24. The van der Waals surface area contributed by atoms with Gasteiger partial charge in [0.15, 0.2) is 0 Å². The van der Waals surface area contributed by atoms with E-state index in [1.54, 1.807) is 0 Å². The smallest absolute Gasteiger partial charge is 0.224 e. The van der Waals surface area contributed by atoms with E-state index in [9.17, 15) is 14.4 Å². The number of nitrogens with zero attached hydrogens (tertiary/aromatic N) is 4. The molecule has 14 nitrogen and oxygen atoms in total. The molecule has 0 atom stereocenters. The van der Waals surface area contributed by atoms with Gasteiger partial charge in [0.1, 0.15) is 18.9 Å². The first-order valence-corrected chi connectivity index (χ1v) is 13.6. The molecule has 0 bridgehead atoms. The molecule has 0 spiro atoms. The van der Waals surface area contributed by atoms with Gasteiger partial charge in [0.05, 0.1) is 52.3 Å². The Hall–Kier alpha value is -2.65. The number of amides is 3. The number of carbonyl (C=O) groups excluding carboxylic acids is 3. The molecule has 0 saturated carbocycles. The lowest BCUT2D eigenvalue weighted by Gasteiger charge is -2.22. The minimum absolute atomic E-state index is 0.135. The van der Waals surface area contributed by atoms with Gasteiger partial charge in [0, 0.05) is 46.6 Å². The van der Waals surface area contributed by atoms with Crippen molar-refractivity contribution in [1.29, 1.82) is 0 Å². The second-order valence-corrected chi connectivity index (χ2v) is 8.58. The molecule has 0 fully saturated rings. The third-order valence-corrected chi connectivity index (χ3v) is 5.49. The van der Waals surface area contributed by atoms with E-state index in [2.05, 4.69) is 27.9 Å². The van der Waals surface area contributed by atoms with Gasteiger partial charge in [0.25, 0.3) is 0 Å². The van der Waals surface area contributed by atoms with Crippen LogP contribution in [0, 0.1) is 0 Å². The number of hydrogen-bond acceptors (Lipinski definition) is 10. The summed E-state index contributed by atoms with van der Waals surface area (Å²) < 4.78 is 18.2. The fraction of sp³-hybridized carbons (Fsp3) is 0.800. The zero-order chi connectivity index (χ0) is 28.6. The Labute approximate surface area is 230 Å². The summed E-state index contributed by atoms with van der Waals surface area (Å²) in [6, 6.07) is 0. The van der Waals surface area contributed by atoms with Gasteiger partial charge >= 0.3 is 0 Å². The summed E-state index contributed by atoms with van der Waals surface area (Å²) in [5.74, 6) is -0.529. The second-order valence-electron chi connectivity index (χ2n) is 8.58. The molecule has 2 N–H and O–H groups in total. The van der Waals surface area contributed by atoms with Crippen molar-refractivity contribution in [2.45, 2.75) is 58.6 Å². The van der Waals surface area contributed by atoms with Crippen molar-refractivity contribution in [3.05, 3.63) is 11.9 Å². The number of unbranched alkanes of at least 4 members (excludes halogenated alkanes) is 2. The molecule has 0 aliphatic heterocycles. The highest BCUT2D eigenvalue weighted by Gasteiger charge is 2.16. The van der Waals surface area contributed by atoms with Gasteiger partial charge in [-0.3, -0.25) is 19.1 Å². The first kappa shape index (κ1) is 34.4. The maximum absolute atomic E-state index is 12.5. The molecular weight excluding hydrogens is 512 g/mol. The van der Waals surface area contributed by atoms with E-state index < -0.39 is 0 Å². The zero-order valence-corrected chi connectivity index (χ0v) is 23.7. The Morgan fingerprint density at radius 1 is 0.821 bits per heavy atom. The number of nitrogens with one attached hydrogen (secondary N) is 2. The van der Waals surface area contributed by atoms with E-state index >= 15 is 0 Å². The van der Waals surface area contributed by atoms with Crippen LogP contribution in [-0.2, 0) is 51.5 Å². The van der Waals surface area contributed by atoms with E-state index in [-0.39, 0.29) is 76.5 Å². The molecule has 0 saturated heterocycles. The number of aryl methyl sites for hydroxylation is 1. The van der Waals surface area contributed by atoms with Gasteiger partial charge < -0.3 is 29.7 Å². The predicted octanol–water partition coefficient (Wildman–Crippen LogP) is 0.457. The van der Waals surface area contributed by atoms with Crippen LogP contribution in [0.2, 0.25) is 0 Å². The van der Waals surface area contributed by atoms with Gasteiger partial charge in [0.2, 0.25) is 17.7 Å². The normalized spacial score (nSPS) is 10.9. The van der Waals surface area contributed by atoms with E-state index in [0.29, 0.717) is 26.4 Å².